The average molecular weight is 378 g/mol. The van der Waals surface area contributed by atoms with Crippen LogP contribution in [0.4, 0.5) is 5.69 Å². The van der Waals surface area contributed by atoms with E-state index in [1.807, 2.05) is 17.5 Å². The highest BCUT2D eigenvalue weighted by atomic mass is 35.5. The van der Waals surface area contributed by atoms with Crippen LogP contribution in [0.3, 0.4) is 0 Å². The summed E-state index contributed by atoms with van der Waals surface area (Å²) in [6.45, 7) is 0. The Balaban J connectivity index is 1.81. The lowest BCUT2D eigenvalue weighted by Gasteiger charge is -2.08. The van der Waals surface area contributed by atoms with Crippen molar-refractivity contribution in [3.8, 4) is 9.88 Å². The van der Waals surface area contributed by atoms with Crippen molar-refractivity contribution in [3.05, 3.63) is 57.4 Å². The molecule has 0 saturated carbocycles. The summed E-state index contributed by atoms with van der Waals surface area (Å²) < 4.78 is 0. The van der Waals surface area contributed by atoms with E-state index in [0.717, 1.165) is 9.88 Å². The van der Waals surface area contributed by atoms with Crippen LogP contribution in [0.2, 0.25) is 5.02 Å². The molecule has 1 aromatic carbocycles. The van der Waals surface area contributed by atoms with Crippen molar-refractivity contribution in [3.63, 3.8) is 0 Å². The normalized spacial score (nSPS) is 10.4. The van der Waals surface area contributed by atoms with E-state index in [0.29, 0.717) is 22.0 Å². The van der Waals surface area contributed by atoms with Crippen LogP contribution in [0.15, 0.2) is 41.1 Å². The third-order valence-electron chi connectivity index (χ3n) is 3.17. The third kappa shape index (κ3) is 3.48. The minimum Gasteiger partial charge on any atom is -0.355 e. The lowest BCUT2D eigenvalue weighted by atomic mass is 10.2. The first kappa shape index (κ1) is 16.6. The van der Waals surface area contributed by atoms with Gasteiger partial charge in [0.2, 0.25) is 0 Å². The van der Waals surface area contributed by atoms with Crippen LogP contribution in [0.5, 0.6) is 0 Å². The fourth-order valence-corrected chi connectivity index (χ4v) is 3.76. The van der Waals surface area contributed by atoms with Crippen LogP contribution in [0.1, 0.15) is 20.8 Å². The number of carbonyl (C=O) groups excluding carboxylic acids is 2. The Morgan fingerprint density at radius 3 is 2.71 bits per heavy atom. The smallest absolute Gasteiger partial charge is 0.275 e. The number of anilines is 1. The topological polar surface area (TPSA) is 71.1 Å². The van der Waals surface area contributed by atoms with Gasteiger partial charge in [-0.2, -0.15) is 0 Å². The van der Waals surface area contributed by atoms with E-state index in [-0.39, 0.29) is 11.8 Å². The van der Waals surface area contributed by atoms with Gasteiger partial charge in [0.05, 0.1) is 15.6 Å². The number of hydrogen-bond acceptors (Lipinski definition) is 5. The standard InChI is InChI=1S/C16H12ClN3O2S2/c1-18-14(21)9-4-5-10(17)11(7-9)19-15(22)12-8-24-16(20-12)13-3-2-6-23-13/h2-8H,1H3,(H,18,21)(H,19,22). The van der Waals surface area contributed by atoms with Gasteiger partial charge in [0.15, 0.2) is 0 Å². The quantitative estimate of drug-likeness (QED) is 0.717. The molecular weight excluding hydrogens is 366 g/mol. The Bertz CT molecular complexity index is 891. The van der Waals surface area contributed by atoms with E-state index in [1.165, 1.54) is 24.5 Å². The number of thiazole rings is 1. The molecule has 24 heavy (non-hydrogen) atoms. The van der Waals surface area contributed by atoms with Crippen LogP contribution in [0.25, 0.3) is 9.88 Å². The molecule has 8 heteroatoms. The van der Waals surface area contributed by atoms with Crippen LogP contribution < -0.4 is 10.6 Å². The Morgan fingerprint density at radius 2 is 2.00 bits per heavy atom. The maximum absolute atomic E-state index is 12.4. The summed E-state index contributed by atoms with van der Waals surface area (Å²) in [5, 5.41) is 10.0. The number of nitrogens with zero attached hydrogens (tertiary/aromatic N) is 1. The first-order valence-corrected chi connectivity index (χ1v) is 9.04. The second kappa shape index (κ2) is 7.12. The molecule has 2 heterocycles. The van der Waals surface area contributed by atoms with Crippen molar-refractivity contribution < 1.29 is 9.59 Å². The molecule has 5 nitrogen and oxygen atoms in total. The average Bonchev–Trinajstić information content (AvgIpc) is 3.27. The predicted molar refractivity (Wildman–Crippen MR) is 98.2 cm³/mol. The first-order chi connectivity index (χ1) is 11.6. The number of thiophene rings is 1. The molecule has 3 rings (SSSR count). The largest absolute Gasteiger partial charge is 0.355 e. The second-order valence-electron chi connectivity index (χ2n) is 4.74. The van der Waals surface area contributed by atoms with Gasteiger partial charge < -0.3 is 10.6 Å². The summed E-state index contributed by atoms with van der Waals surface area (Å²) in [7, 11) is 1.54. The molecule has 0 fully saturated rings. The second-order valence-corrected chi connectivity index (χ2v) is 6.96. The minimum atomic E-state index is -0.370. The Labute approximate surface area is 151 Å². The first-order valence-electron chi connectivity index (χ1n) is 6.91. The zero-order chi connectivity index (χ0) is 17.1. The Kier molecular flexibility index (Phi) is 4.94. The summed E-state index contributed by atoms with van der Waals surface area (Å²) in [5.74, 6) is -0.624. The number of amides is 2. The molecule has 122 valence electrons. The molecule has 0 atom stereocenters. The van der Waals surface area contributed by atoms with E-state index in [2.05, 4.69) is 15.6 Å². The van der Waals surface area contributed by atoms with Crippen molar-refractivity contribution in [2.75, 3.05) is 12.4 Å². The zero-order valence-electron chi connectivity index (χ0n) is 12.5. The number of aromatic nitrogens is 1. The SMILES string of the molecule is CNC(=O)c1ccc(Cl)c(NC(=O)c2csc(-c3cccs3)n2)c1. The van der Waals surface area contributed by atoms with Gasteiger partial charge in [-0.3, -0.25) is 9.59 Å². The van der Waals surface area contributed by atoms with E-state index in [9.17, 15) is 9.59 Å². The summed E-state index contributed by atoms with van der Waals surface area (Å²) in [4.78, 5) is 29.4. The van der Waals surface area contributed by atoms with Gasteiger partial charge in [0.1, 0.15) is 10.7 Å². The van der Waals surface area contributed by atoms with Crippen LogP contribution in [0, 0.1) is 0 Å². The van der Waals surface area contributed by atoms with E-state index in [1.54, 1.807) is 28.8 Å². The molecule has 0 bridgehead atoms. The Morgan fingerprint density at radius 1 is 1.17 bits per heavy atom. The molecule has 0 saturated heterocycles. The lowest BCUT2D eigenvalue weighted by molar-refractivity contribution is 0.0961. The number of benzene rings is 1. The Hall–Kier alpha value is -2.22. The molecule has 2 aromatic heterocycles. The molecule has 0 spiro atoms. The molecule has 2 N–H and O–H groups in total. The molecule has 0 unspecified atom stereocenters. The highest BCUT2D eigenvalue weighted by molar-refractivity contribution is 7.20. The fraction of sp³-hybridized carbons (Fsp3) is 0.0625. The summed E-state index contributed by atoms with van der Waals surface area (Å²) in [6.07, 6.45) is 0. The fourth-order valence-electron chi connectivity index (χ4n) is 1.98. The molecule has 0 aliphatic heterocycles. The maximum atomic E-state index is 12.4. The van der Waals surface area contributed by atoms with Gasteiger partial charge in [0.25, 0.3) is 11.8 Å². The molecule has 0 radical (unpaired) electrons. The number of halogens is 1. The monoisotopic (exact) mass is 377 g/mol. The molecule has 0 aliphatic rings. The lowest BCUT2D eigenvalue weighted by Crippen LogP contribution is -2.18. The van der Waals surface area contributed by atoms with Crippen molar-refractivity contribution in [1.29, 1.82) is 0 Å². The van der Waals surface area contributed by atoms with Crippen molar-refractivity contribution in [2.24, 2.45) is 0 Å². The third-order valence-corrected chi connectivity index (χ3v) is 5.38. The van der Waals surface area contributed by atoms with Gasteiger partial charge in [0, 0.05) is 18.0 Å². The van der Waals surface area contributed by atoms with Crippen molar-refractivity contribution >= 4 is 51.8 Å². The number of nitrogens with one attached hydrogen (secondary N) is 2. The van der Waals surface area contributed by atoms with Crippen LogP contribution >= 0.6 is 34.3 Å². The zero-order valence-corrected chi connectivity index (χ0v) is 14.9. The number of hydrogen-bond donors (Lipinski definition) is 2. The molecule has 0 aliphatic carbocycles. The molecular formula is C16H12ClN3O2S2. The number of carbonyl (C=O) groups is 2. The van der Waals surface area contributed by atoms with Crippen LogP contribution in [-0.2, 0) is 0 Å². The van der Waals surface area contributed by atoms with E-state index in [4.69, 9.17) is 11.6 Å². The van der Waals surface area contributed by atoms with Crippen molar-refractivity contribution in [1.82, 2.24) is 10.3 Å². The number of rotatable bonds is 4. The molecule has 2 amide bonds. The van der Waals surface area contributed by atoms with Gasteiger partial charge in [-0.25, -0.2) is 4.98 Å². The van der Waals surface area contributed by atoms with E-state index < -0.39 is 0 Å². The highest BCUT2D eigenvalue weighted by Gasteiger charge is 2.15. The predicted octanol–water partition coefficient (Wildman–Crippen LogP) is 4.14. The summed E-state index contributed by atoms with van der Waals surface area (Å²) in [5.41, 5.74) is 1.09. The summed E-state index contributed by atoms with van der Waals surface area (Å²) >= 11 is 9.07. The van der Waals surface area contributed by atoms with E-state index >= 15 is 0 Å². The minimum absolute atomic E-state index is 0.254. The highest BCUT2D eigenvalue weighted by Crippen LogP contribution is 2.29. The maximum Gasteiger partial charge on any atom is 0.275 e. The van der Waals surface area contributed by atoms with Crippen LogP contribution in [-0.4, -0.2) is 23.8 Å². The summed E-state index contributed by atoms with van der Waals surface area (Å²) in [6, 6.07) is 8.58. The van der Waals surface area contributed by atoms with Gasteiger partial charge in [-0.05, 0) is 29.6 Å². The molecule has 3 aromatic rings. The van der Waals surface area contributed by atoms with Gasteiger partial charge in [-0.1, -0.05) is 17.7 Å². The van der Waals surface area contributed by atoms with Gasteiger partial charge in [-0.15, -0.1) is 22.7 Å². The van der Waals surface area contributed by atoms with Gasteiger partial charge >= 0.3 is 0 Å². The van der Waals surface area contributed by atoms with Crippen molar-refractivity contribution in [2.45, 2.75) is 0 Å².